The van der Waals surface area contributed by atoms with E-state index in [1.54, 1.807) is 7.11 Å². The molecule has 110 valence electrons. The summed E-state index contributed by atoms with van der Waals surface area (Å²) >= 11 is 0. The number of hydrogen-bond acceptors (Lipinski definition) is 3. The van der Waals surface area contributed by atoms with Crippen molar-refractivity contribution >= 4 is 11.6 Å². The number of carbonyl (C=O) groups excluding carboxylic acids is 1. The van der Waals surface area contributed by atoms with E-state index in [-0.39, 0.29) is 5.91 Å². The van der Waals surface area contributed by atoms with Crippen molar-refractivity contribution in [1.82, 2.24) is 0 Å². The van der Waals surface area contributed by atoms with Crippen molar-refractivity contribution in [3.05, 3.63) is 59.2 Å². The zero-order chi connectivity index (χ0) is 15.2. The van der Waals surface area contributed by atoms with Crippen LogP contribution in [0.3, 0.4) is 0 Å². The summed E-state index contributed by atoms with van der Waals surface area (Å²) in [4.78, 5) is 12.3. The van der Waals surface area contributed by atoms with E-state index in [0.717, 1.165) is 17.5 Å². The minimum absolute atomic E-state index is 0.154. The van der Waals surface area contributed by atoms with Crippen LogP contribution in [0.15, 0.2) is 42.5 Å². The van der Waals surface area contributed by atoms with Gasteiger partial charge in [0.1, 0.15) is 5.75 Å². The molecule has 0 aromatic heterocycles. The smallest absolute Gasteiger partial charge is 0.255 e. The Morgan fingerprint density at radius 1 is 1.19 bits per heavy atom. The number of benzene rings is 2. The van der Waals surface area contributed by atoms with Gasteiger partial charge in [0.2, 0.25) is 0 Å². The van der Waals surface area contributed by atoms with Gasteiger partial charge in [-0.3, -0.25) is 4.79 Å². The molecule has 0 saturated heterocycles. The molecule has 1 amide bonds. The first-order chi connectivity index (χ1) is 10.1. The lowest BCUT2D eigenvalue weighted by Crippen LogP contribution is -2.13. The van der Waals surface area contributed by atoms with Crippen LogP contribution in [-0.2, 0) is 6.42 Å². The number of amides is 1. The molecule has 2 aromatic rings. The van der Waals surface area contributed by atoms with E-state index in [0.29, 0.717) is 23.5 Å². The summed E-state index contributed by atoms with van der Waals surface area (Å²) in [6.45, 7) is 2.57. The lowest BCUT2D eigenvalue weighted by atomic mass is 10.1. The van der Waals surface area contributed by atoms with Crippen molar-refractivity contribution < 1.29 is 9.53 Å². The second kappa shape index (κ2) is 6.90. The number of methoxy groups -OCH3 is 1. The number of nitrogens with two attached hydrogens (primary N) is 1. The van der Waals surface area contributed by atoms with Crippen LogP contribution in [0, 0.1) is 6.92 Å². The quantitative estimate of drug-likeness (QED) is 0.887. The highest BCUT2D eigenvalue weighted by atomic mass is 16.5. The van der Waals surface area contributed by atoms with E-state index in [9.17, 15) is 4.79 Å². The van der Waals surface area contributed by atoms with Gasteiger partial charge in [0.25, 0.3) is 5.91 Å². The van der Waals surface area contributed by atoms with Gasteiger partial charge in [0, 0.05) is 5.56 Å². The maximum Gasteiger partial charge on any atom is 0.255 e. The first-order valence-electron chi connectivity index (χ1n) is 6.89. The zero-order valence-corrected chi connectivity index (χ0v) is 12.3. The van der Waals surface area contributed by atoms with Gasteiger partial charge in [0.05, 0.1) is 12.8 Å². The molecule has 4 nitrogen and oxygen atoms in total. The van der Waals surface area contributed by atoms with Gasteiger partial charge in [-0.05, 0) is 55.3 Å². The van der Waals surface area contributed by atoms with Gasteiger partial charge < -0.3 is 15.8 Å². The number of nitrogens with one attached hydrogen (secondary N) is 1. The molecule has 4 heteroatoms. The first-order valence-corrected chi connectivity index (χ1v) is 6.89. The summed E-state index contributed by atoms with van der Waals surface area (Å²) in [6.07, 6.45) is 0.813. The van der Waals surface area contributed by atoms with Crippen molar-refractivity contribution in [2.24, 2.45) is 5.73 Å². The van der Waals surface area contributed by atoms with Gasteiger partial charge in [-0.25, -0.2) is 0 Å². The standard InChI is InChI=1S/C17H20N2O2/c1-12-3-8-16(21-2)15(11-12)19-17(20)14-6-4-13(5-7-14)9-10-18/h3-8,11H,9-10,18H2,1-2H3,(H,19,20). The van der Waals surface area contributed by atoms with E-state index < -0.39 is 0 Å². The minimum Gasteiger partial charge on any atom is -0.495 e. The lowest BCUT2D eigenvalue weighted by molar-refractivity contribution is 0.102. The van der Waals surface area contributed by atoms with Gasteiger partial charge in [0.15, 0.2) is 0 Å². The maximum atomic E-state index is 12.3. The molecule has 0 aliphatic rings. The molecule has 3 N–H and O–H groups in total. The second-order valence-corrected chi connectivity index (χ2v) is 4.89. The molecule has 0 fully saturated rings. The molecule has 0 aliphatic heterocycles. The predicted molar refractivity (Wildman–Crippen MR) is 84.9 cm³/mol. The molecule has 0 unspecified atom stereocenters. The molecular weight excluding hydrogens is 264 g/mol. The molecule has 21 heavy (non-hydrogen) atoms. The van der Waals surface area contributed by atoms with Gasteiger partial charge in [-0.2, -0.15) is 0 Å². The van der Waals surface area contributed by atoms with Crippen LogP contribution in [0.2, 0.25) is 0 Å². The number of hydrogen-bond donors (Lipinski definition) is 2. The van der Waals surface area contributed by atoms with Gasteiger partial charge in [-0.1, -0.05) is 18.2 Å². The van der Waals surface area contributed by atoms with Crippen LogP contribution in [0.4, 0.5) is 5.69 Å². The normalized spacial score (nSPS) is 10.2. The third-order valence-electron chi connectivity index (χ3n) is 3.25. The molecule has 0 aliphatic carbocycles. The SMILES string of the molecule is COc1ccc(C)cc1NC(=O)c1ccc(CCN)cc1. The average Bonchev–Trinajstić information content (AvgIpc) is 2.48. The summed E-state index contributed by atoms with van der Waals surface area (Å²) in [6, 6.07) is 13.1. The maximum absolute atomic E-state index is 12.3. The molecule has 0 bridgehead atoms. The monoisotopic (exact) mass is 284 g/mol. The highest BCUT2D eigenvalue weighted by molar-refractivity contribution is 6.05. The van der Waals surface area contributed by atoms with Gasteiger partial charge in [-0.15, -0.1) is 0 Å². The van der Waals surface area contributed by atoms with Crippen LogP contribution in [0.25, 0.3) is 0 Å². The zero-order valence-electron chi connectivity index (χ0n) is 12.3. The van der Waals surface area contributed by atoms with Crippen molar-refractivity contribution in [2.45, 2.75) is 13.3 Å². The van der Waals surface area contributed by atoms with Crippen molar-refractivity contribution in [3.8, 4) is 5.75 Å². The summed E-state index contributed by atoms with van der Waals surface area (Å²) in [5.74, 6) is 0.493. The summed E-state index contributed by atoms with van der Waals surface area (Å²) in [5, 5.41) is 2.88. The van der Waals surface area contributed by atoms with E-state index in [4.69, 9.17) is 10.5 Å². The molecule has 0 atom stereocenters. The Labute approximate surface area is 124 Å². The largest absolute Gasteiger partial charge is 0.495 e. The Hall–Kier alpha value is -2.33. The third-order valence-corrected chi connectivity index (χ3v) is 3.25. The van der Waals surface area contributed by atoms with Crippen molar-refractivity contribution in [3.63, 3.8) is 0 Å². The highest BCUT2D eigenvalue weighted by Crippen LogP contribution is 2.25. The molecule has 2 aromatic carbocycles. The minimum atomic E-state index is -0.154. The number of aryl methyl sites for hydroxylation is 1. The number of ether oxygens (including phenoxy) is 1. The Balaban J connectivity index is 2.15. The molecule has 0 saturated carbocycles. The fraction of sp³-hybridized carbons (Fsp3) is 0.235. The molecule has 0 spiro atoms. The molecule has 2 rings (SSSR count). The fourth-order valence-electron chi connectivity index (χ4n) is 2.10. The third kappa shape index (κ3) is 3.83. The molecule has 0 heterocycles. The second-order valence-electron chi connectivity index (χ2n) is 4.89. The number of rotatable bonds is 5. The summed E-state index contributed by atoms with van der Waals surface area (Å²) in [5.41, 5.74) is 8.99. The van der Waals surface area contributed by atoms with Crippen LogP contribution < -0.4 is 15.8 Å². The van der Waals surface area contributed by atoms with Crippen LogP contribution in [0.1, 0.15) is 21.5 Å². The highest BCUT2D eigenvalue weighted by Gasteiger charge is 2.10. The fourth-order valence-corrected chi connectivity index (χ4v) is 2.10. The van der Waals surface area contributed by atoms with Crippen molar-refractivity contribution in [2.75, 3.05) is 19.0 Å². The average molecular weight is 284 g/mol. The number of carbonyl (C=O) groups is 1. The van der Waals surface area contributed by atoms with E-state index in [2.05, 4.69) is 5.32 Å². The Morgan fingerprint density at radius 2 is 1.90 bits per heavy atom. The molecular formula is C17H20N2O2. The first kappa shape index (κ1) is 15.1. The Kier molecular flexibility index (Phi) is 4.95. The van der Waals surface area contributed by atoms with E-state index in [1.165, 1.54) is 0 Å². The lowest BCUT2D eigenvalue weighted by Gasteiger charge is -2.11. The van der Waals surface area contributed by atoms with Crippen molar-refractivity contribution in [1.29, 1.82) is 0 Å². The predicted octanol–water partition coefficient (Wildman–Crippen LogP) is 2.76. The summed E-state index contributed by atoms with van der Waals surface area (Å²) < 4.78 is 5.26. The van der Waals surface area contributed by atoms with Gasteiger partial charge >= 0.3 is 0 Å². The Bertz CT molecular complexity index is 621. The molecule has 0 radical (unpaired) electrons. The van der Waals surface area contributed by atoms with E-state index >= 15 is 0 Å². The topological polar surface area (TPSA) is 64.3 Å². The van der Waals surface area contributed by atoms with Crippen LogP contribution >= 0.6 is 0 Å². The Morgan fingerprint density at radius 3 is 2.52 bits per heavy atom. The van der Waals surface area contributed by atoms with Crippen LogP contribution in [0.5, 0.6) is 5.75 Å². The van der Waals surface area contributed by atoms with Crippen LogP contribution in [-0.4, -0.2) is 19.6 Å². The number of anilines is 1. The summed E-state index contributed by atoms with van der Waals surface area (Å²) in [7, 11) is 1.59. The van der Waals surface area contributed by atoms with E-state index in [1.807, 2.05) is 49.4 Å².